The fraction of sp³-hybridized carbons (Fsp3) is 0.429. The first-order valence-corrected chi connectivity index (χ1v) is 6.68. The number of benzene rings is 1. The smallest absolute Gasteiger partial charge is 0.254 e. The number of amides is 1. The lowest BCUT2D eigenvalue weighted by Crippen LogP contribution is -2.52. The third kappa shape index (κ3) is 3.32. The summed E-state index contributed by atoms with van der Waals surface area (Å²) < 4.78 is 5.42. The van der Waals surface area contributed by atoms with Crippen molar-refractivity contribution >= 4 is 11.7 Å². The van der Waals surface area contributed by atoms with Gasteiger partial charge in [-0.3, -0.25) is 4.79 Å². The predicted octanol–water partition coefficient (Wildman–Crippen LogP) is 0.00290. The minimum atomic E-state index is -0.346. The van der Waals surface area contributed by atoms with Crippen molar-refractivity contribution in [2.24, 2.45) is 10.9 Å². The Labute approximate surface area is 122 Å². The Morgan fingerprint density at radius 1 is 1.43 bits per heavy atom. The molecule has 7 nitrogen and oxygen atoms in total. The normalized spacial score (nSPS) is 23.1. The second-order valence-electron chi connectivity index (χ2n) is 5.01. The van der Waals surface area contributed by atoms with Crippen LogP contribution < -0.4 is 5.73 Å². The number of carbonyl (C=O) groups excluding carboxylic acids is 1. The monoisotopic (exact) mass is 293 g/mol. The SMILES string of the molecule is CC1COC(CO)CN1C(=O)c1ccc(/C(N)=N/O)cc1. The van der Waals surface area contributed by atoms with Crippen molar-refractivity contribution in [3.05, 3.63) is 35.4 Å². The van der Waals surface area contributed by atoms with Crippen LogP contribution in [-0.4, -0.2) is 58.9 Å². The topological polar surface area (TPSA) is 108 Å². The van der Waals surface area contributed by atoms with E-state index < -0.39 is 0 Å². The van der Waals surface area contributed by atoms with Crippen LogP contribution in [0.15, 0.2) is 29.4 Å². The molecule has 1 aromatic rings. The Morgan fingerprint density at radius 3 is 2.62 bits per heavy atom. The van der Waals surface area contributed by atoms with Crippen molar-refractivity contribution in [2.75, 3.05) is 19.8 Å². The van der Waals surface area contributed by atoms with Gasteiger partial charge in [-0.05, 0) is 19.1 Å². The molecule has 0 saturated carbocycles. The van der Waals surface area contributed by atoms with Gasteiger partial charge in [0.25, 0.3) is 5.91 Å². The molecule has 4 N–H and O–H groups in total. The molecule has 0 aromatic heterocycles. The van der Waals surface area contributed by atoms with Gasteiger partial charge in [0.2, 0.25) is 0 Å². The predicted molar refractivity (Wildman–Crippen MR) is 76.3 cm³/mol. The van der Waals surface area contributed by atoms with Crippen LogP contribution in [0.25, 0.3) is 0 Å². The molecule has 114 valence electrons. The summed E-state index contributed by atoms with van der Waals surface area (Å²) >= 11 is 0. The average Bonchev–Trinajstić information content (AvgIpc) is 2.54. The number of oxime groups is 1. The number of rotatable bonds is 3. The van der Waals surface area contributed by atoms with Crippen LogP contribution in [0.1, 0.15) is 22.8 Å². The molecule has 2 rings (SSSR count). The van der Waals surface area contributed by atoms with E-state index in [1.807, 2.05) is 6.92 Å². The highest BCUT2D eigenvalue weighted by Crippen LogP contribution is 2.16. The van der Waals surface area contributed by atoms with E-state index in [-0.39, 0.29) is 30.5 Å². The Hall–Kier alpha value is -2.12. The summed E-state index contributed by atoms with van der Waals surface area (Å²) in [5.41, 5.74) is 6.53. The summed E-state index contributed by atoms with van der Waals surface area (Å²) in [5.74, 6) is -0.135. The molecule has 2 unspecified atom stereocenters. The number of morpholine rings is 1. The molecule has 2 atom stereocenters. The number of aliphatic hydroxyl groups excluding tert-OH is 1. The number of hydrogen-bond donors (Lipinski definition) is 3. The standard InChI is InChI=1S/C14H19N3O4/c1-9-8-21-12(7-18)6-17(9)14(19)11-4-2-10(3-5-11)13(15)16-20/h2-5,9,12,18,20H,6-8H2,1H3,(H2,15,16). The van der Waals surface area contributed by atoms with E-state index in [2.05, 4.69) is 5.16 Å². The minimum Gasteiger partial charge on any atom is -0.409 e. The lowest BCUT2D eigenvalue weighted by molar-refractivity contribution is -0.0667. The van der Waals surface area contributed by atoms with Gasteiger partial charge in [0.15, 0.2) is 5.84 Å². The molecule has 1 saturated heterocycles. The van der Waals surface area contributed by atoms with Crippen molar-refractivity contribution in [1.29, 1.82) is 0 Å². The van der Waals surface area contributed by atoms with Crippen molar-refractivity contribution < 1.29 is 19.8 Å². The first-order chi connectivity index (χ1) is 10.1. The van der Waals surface area contributed by atoms with Crippen LogP contribution >= 0.6 is 0 Å². The van der Waals surface area contributed by atoms with Crippen LogP contribution in [0.2, 0.25) is 0 Å². The van der Waals surface area contributed by atoms with Crippen LogP contribution in [0, 0.1) is 0 Å². The van der Waals surface area contributed by atoms with Crippen LogP contribution in [0.5, 0.6) is 0 Å². The number of carbonyl (C=O) groups is 1. The van der Waals surface area contributed by atoms with Gasteiger partial charge in [-0.1, -0.05) is 17.3 Å². The summed E-state index contributed by atoms with van der Waals surface area (Å²) in [5, 5.41) is 20.7. The molecule has 1 aliphatic rings. The van der Waals surface area contributed by atoms with E-state index in [0.717, 1.165) is 0 Å². The third-order valence-electron chi connectivity index (χ3n) is 3.51. The molecule has 1 aromatic carbocycles. The summed E-state index contributed by atoms with van der Waals surface area (Å²) in [6, 6.07) is 6.45. The van der Waals surface area contributed by atoms with E-state index in [0.29, 0.717) is 24.3 Å². The molecule has 1 amide bonds. The minimum absolute atomic E-state index is 0.00548. The number of hydrogen-bond acceptors (Lipinski definition) is 5. The fourth-order valence-electron chi connectivity index (χ4n) is 2.22. The highest BCUT2D eigenvalue weighted by Gasteiger charge is 2.29. The maximum Gasteiger partial charge on any atom is 0.254 e. The van der Waals surface area contributed by atoms with Gasteiger partial charge in [0, 0.05) is 17.7 Å². The van der Waals surface area contributed by atoms with Crippen molar-refractivity contribution in [1.82, 2.24) is 4.90 Å². The maximum atomic E-state index is 12.5. The quantitative estimate of drug-likeness (QED) is 0.315. The molecular weight excluding hydrogens is 274 g/mol. The van der Waals surface area contributed by atoms with Gasteiger partial charge < -0.3 is 25.7 Å². The summed E-state index contributed by atoms with van der Waals surface area (Å²) in [6.07, 6.45) is -0.346. The van der Waals surface area contributed by atoms with Crippen LogP contribution in [0.3, 0.4) is 0 Å². The Kier molecular flexibility index (Phi) is 4.77. The molecule has 7 heteroatoms. The summed E-state index contributed by atoms with van der Waals surface area (Å²) in [6.45, 7) is 2.55. The Morgan fingerprint density at radius 2 is 2.05 bits per heavy atom. The van der Waals surface area contributed by atoms with Gasteiger partial charge in [-0.25, -0.2) is 0 Å². The lowest BCUT2D eigenvalue weighted by atomic mass is 10.1. The van der Waals surface area contributed by atoms with E-state index in [4.69, 9.17) is 20.8 Å². The van der Waals surface area contributed by atoms with E-state index >= 15 is 0 Å². The zero-order valence-electron chi connectivity index (χ0n) is 11.8. The first kappa shape index (κ1) is 15.3. The van der Waals surface area contributed by atoms with E-state index in [1.165, 1.54) is 0 Å². The first-order valence-electron chi connectivity index (χ1n) is 6.68. The molecule has 1 aliphatic heterocycles. The molecule has 1 fully saturated rings. The van der Waals surface area contributed by atoms with Crippen LogP contribution in [-0.2, 0) is 4.74 Å². The van der Waals surface area contributed by atoms with E-state index in [1.54, 1.807) is 29.2 Å². The fourth-order valence-corrected chi connectivity index (χ4v) is 2.22. The van der Waals surface area contributed by atoms with Gasteiger partial charge in [-0.15, -0.1) is 0 Å². The van der Waals surface area contributed by atoms with Gasteiger partial charge >= 0.3 is 0 Å². The highest BCUT2D eigenvalue weighted by molar-refractivity contribution is 5.99. The largest absolute Gasteiger partial charge is 0.409 e. The van der Waals surface area contributed by atoms with E-state index in [9.17, 15) is 4.79 Å². The number of ether oxygens (including phenoxy) is 1. The molecule has 0 aliphatic carbocycles. The van der Waals surface area contributed by atoms with Crippen molar-refractivity contribution in [2.45, 2.75) is 19.1 Å². The molecular formula is C14H19N3O4. The second kappa shape index (κ2) is 6.55. The highest BCUT2D eigenvalue weighted by atomic mass is 16.5. The molecule has 21 heavy (non-hydrogen) atoms. The summed E-state index contributed by atoms with van der Waals surface area (Å²) in [4.78, 5) is 14.2. The van der Waals surface area contributed by atoms with Gasteiger partial charge in [0.1, 0.15) is 0 Å². The van der Waals surface area contributed by atoms with Gasteiger partial charge in [-0.2, -0.15) is 0 Å². The number of nitrogens with zero attached hydrogens (tertiary/aromatic N) is 2. The molecule has 1 heterocycles. The lowest BCUT2D eigenvalue weighted by Gasteiger charge is -2.37. The number of amidine groups is 1. The summed E-state index contributed by atoms with van der Waals surface area (Å²) in [7, 11) is 0. The molecule has 0 spiro atoms. The second-order valence-corrected chi connectivity index (χ2v) is 5.01. The number of aliphatic hydroxyl groups is 1. The third-order valence-corrected chi connectivity index (χ3v) is 3.51. The Balaban J connectivity index is 2.15. The maximum absolute atomic E-state index is 12.5. The van der Waals surface area contributed by atoms with Crippen LogP contribution in [0.4, 0.5) is 0 Å². The average molecular weight is 293 g/mol. The molecule has 0 bridgehead atoms. The number of nitrogens with two attached hydrogens (primary N) is 1. The van der Waals surface area contributed by atoms with Gasteiger partial charge in [0.05, 0.1) is 25.4 Å². The zero-order chi connectivity index (χ0) is 15.4. The molecule has 0 radical (unpaired) electrons. The van der Waals surface area contributed by atoms with Crippen molar-refractivity contribution in [3.8, 4) is 0 Å². The van der Waals surface area contributed by atoms with Crippen molar-refractivity contribution in [3.63, 3.8) is 0 Å². The zero-order valence-corrected chi connectivity index (χ0v) is 11.8. The Bertz CT molecular complexity index is 530.